The fraction of sp³-hybridized carbons (Fsp3) is 0. The number of aromatic amines is 1. The second-order valence-corrected chi connectivity index (χ2v) is 4.61. The number of H-pyrrole nitrogens is 1. The molecule has 2 heterocycles. The fourth-order valence-corrected chi connectivity index (χ4v) is 1.89. The van der Waals surface area contributed by atoms with E-state index in [9.17, 15) is 4.79 Å². The number of hydrogen-bond acceptors (Lipinski definition) is 7. The standard InChI is InChI=1S/C14H11N9O/c15-7-9(14-18-21-22-19-14)8-17-10-1-3-11(4-2-10)23-6-5-12(20-23)13(16)24/h1-6,8,17H,(H2,16,24)(H,18,19,21,22). The molecule has 10 nitrogen and oxygen atoms in total. The first kappa shape index (κ1) is 14.9. The molecule has 24 heavy (non-hydrogen) atoms. The normalized spacial score (nSPS) is 11.0. The van der Waals surface area contributed by atoms with Gasteiger partial charge in [0.2, 0.25) is 5.82 Å². The third-order valence-electron chi connectivity index (χ3n) is 3.06. The van der Waals surface area contributed by atoms with E-state index < -0.39 is 5.91 Å². The molecule has 1 aromatic carbocycles. The first-order valence-corrected chi connectivity index (χ1v) is 6.74. The summed E-state index contributed by atoms with van der Waals surface area (Å²) in [5, 5.41) is 29.3. The van der Waals surface area contributed by atoms with Crippen molar-refractivity contribution in [3.63, 3.8) is 0 Å². The van der Waals surface area contributed by atoms with Gasteiger partial charge >= 0.3 is 0 Å². The van der Waals surface area contributed by atoms with Gasteiger partial charge < -0.3 is 11.1 Å². The topological polar surface area (TPSA) is 151 Å². The molecule has 0 unspecified atom stereocenters. The summed E-state index contributed by atoms with van der Waals surface area (Å²) in [6.45, 7) is 0. The summed E-state index contributed by atoms with van der Waals surface area (Å²) in [4.78, 5) is 11.1. The molecule has 3 rings (SSSR count). The number of primary amides is 1. The van der Waals surface area contributed by atoms with Crippen LogP contribution < -0.4 is 11.1 Å². The minimum Gasteiger partial charge on any atom is -0.364 e. The van der Waals surface area contributed by atoms with Gasteiger partial charge in [0.25, 0.3) is 5.91 Å². The van der Waals surface area contributed by atoms with Gasteiger partial charge in [-0.2, -0.15) is 15.6 Å². The van der Waals surface area contributed by atoms with Crippen molar-refractivity contribution in [2.75, 3.05) is 5.32 Å². The van der Waals surface area contributed by atoms with Crippen LogP contribution in [0.15, 0.2) is 42.7 Å². The van der Waals surface area contributed by atoms with E-state index in [4.69, 9.17) is 11.0 Å². The number of nitrogens with one attached hydrogen (secondary N) is 2. The summed E-state index contributed by atoms with van der Waals surface area (Å²) in [5.41, 5.74) is 7.12. The Morgan fingerprint density at radius 3 is 2.71 bits per heavy atom. The molecule has 1 amide bonds. The Morgan fingerprint density at radius 1 is 1.33 bits per heavy atom. The minimum absolute atomic E-state index is 0.193. The number of nitriles is 1. The zero-order valence-corrected chi connectivity index (χ0v) is 12.2. The Bertz CT molecular complexity index is 916. The van der Waals surface area contributed by atoms with Crippen LogP contribution in [-0.2, 0) is 0 Å². The van der Waals surface area contributed by atoms with E-state index in [1.165, 1.54) is 6.20 Å². The van der Waals surface area contributed by atoms with Crippen LogP contribution in [0, 0.1) is 11.3 Å². The summed E-state index contributed by atoms with van der Waals surface area (Å²) in [6.07, 6.45) is 3.13. The Kier molecular flexibility index (Phi) is 3.98. The van der Waals surface area contributed by atoms with E-state index in [1.54, 1.807) is 41.2 Å². The highest BCUT2D eigenvalue weighted by molar-refractivity contribution is 5.90. The van der Waals surface area contributed by atoms with Gasteiger partial charge in [-0.3, -0.25) is 4.79 Å². The van der Waals surface area contributed by atoms with E-state index in [1.807, 2.05) is 6.07 Å². The maximum atomic E-state index is 11.1. The summed E-state index contributed by atoms with van der Waals surface area (Å²) in [6, 6.07) is 10.7. The number of rotatable bonds is 5. The number of amides is 1. The number of nitrogens with zero attached hydrogens (tertiary/aromatic N) is 6. The molecular weight excluding hydrogens is 310 g/mol. The molecule has 3 aromatic rings. The van der Waals surface area contributed by atoms with Crippen molar-refractivity contribution >= 4 is 17.2 Å². The minimum atomic E-state index is -0.581. The largest absolute Gasteiger partial charge is 0.364 e. The van der Waals surface area contributed by atoms with Gasteiger partial charge in [-0.1, -0.05) is 0 Å². The van der Waals surface area contributed by atoms with Gasteiger partial charge in [-0.15, -0.1) is 10.2 Å². The van der Waals surface area contributed by atoms with Crippen LogP contribution in [0.3, 0.4) is 0 Å². The Labute approximate surface area is 135 Å². The number of carbonyl (C=O) groups excluding carboxylic acids is 1. The van der Waals surface area contributed by atoms with Gasteiger partial charge in [0.1, 0.15) is 17.3 Å². The highest BCUT2D eigenvalue weighted by Crippen LogP contribution is 2.14. The average molecular weight is 321 g/mol. The quantitative estimate of drug-likeness (QED) is 0.577. The molecule has 0 atom stereocenters. The van der Waals surface area contributed by atoms with Crippen molar-refractivity contribution in [3.8, 4) is 11.8 Å². The molecule has 118 valence electrons. The van der Waals surface area contributed by atoms with Gasteiger partial charge in [0.05, 0.1) is 5.69 Å². The number of nitrogens with two attached hydrogens (primary N) is 1. The lowest BCUT2D eigenvalue weighted by atomic mass is 10.2. The maximum Gasteiger partial charge on any atom is 0.269 e. The molecule has 0 bridgehead atoms. The van der Waals surface area contributed by atoms with Crippen LogP contribution in [-0.4, -0.2) is 36.3 Å². The zero-order chi connectivity index (χ0) is 16.9. The van der Waals surface area contributed by atoms with E-state index in [0.29, 0.717) is 0 Å². The molecule has 0 aliphatic rings. The van der Waals surface area contributed by atoms with Crippen molar-refractivity contribution in [1.29, 1.82) is 5.26 Å². The highest BCUT2D eigenvalue weighted by atomic mass is 16.1. The third-order valence-corrected chi connectivity index (χ3v) is 3.06. The SMILES string of the molecule is N#CC(=CNc1ccc(-n2ccc(C(N)=O)n2)cc1)c1nn[nH]n1. The van der Waals surface area contributed by atoms with Crippen molar-refractivity contribution in [1.82, 2.24) is 30.4 Å². The van der Waals surface area contributed by atoms with Crippen molar-refractivity contribution < 1.29 is 4.79 Å². The Morgan fingerprint density at radius 2 is 2.12 bits per heavy atom. The molecule has 0 spiro atoms. The molecule has 2 aromatic heterocycles. The van der Waals surface area contributed by atoms with E-state index in [-0.39, 0.29) is 17.1 Å². The van der Waals surface area contributed by atoms with Crippen LogP contribution in [0.1, 0.15) is 16.3 Å². The van der Waals surface area contributed by atoms with Crippen molar-refractivity contribution in [2.24, 2.45) is 5.73 Å². The van der Waals surface area contributed by atoms with Gasteiger partial charge in [-0.05, 0) is 35.5 Å². The second-order valence-electron chi connectivity index (χ2n) is 4.61. The van der Waals surface area contributed by atoms with Gasteiger partial charge in [-0.25, -0.2) is 4.68 Å². The maximum absolute atomic E-state index is 11.1. The number of tetrazole rings is 1. The van der Waals surface area contributed by atoms with Crippen LogP contribution in [0.4, 0.5) is 5.69 Å². The second kappa shape index (κ2) is 6.41. The zero-order valence-electron chi connectivity index (χ0n) is 12.2. The molecule has 0 aliphatic carbocycles. The number of carbonyl (C=O) groups is 1. The number of anilines is 1. The first-order chi connectivity index (χ1) is 11.7. The Hall–Kier alpha value is -4.00. The molecular formula is C14H11N9O. The van der Waals surface area contributed by atoms with Crippen LogP contribution in [0.5, 0.6) is 0 Å². The molecule has 0 saturated carbocycles. The lowest BCUT2D eigenvalue weighted by molar-refractivity contribution is 0.0995. The predicted octanol–water partition coefficient (Wildman–Crippen LogP) is 0.461. The smallest absolute Gasteiger partial charge is 0.269 e. The number of hydrogen-bond donors (Lipinski definition) is 3. The highest BCUT2D eigenvalue weighted by Gasteiger charge is 2.07. The molecule has 4 N–H and O–H groups in total. The van der Waals surface area contributed by atoms with Crippen molar-refractivity contribution in [2.45, 2.75) is 0 Å². The summed E-state index contributed by atoms with van der Waals surface area (Å²) in [5.74, 6) is -0.375. The lowest BCUT2D eigenvalue weighted by Gasteiger charge is -2.04. The fourth-order valence-electron chi connectivity index (χ4n) is 1.89. The van der Waals surface area contributed by atoms with Crippen LogP contribution >= 0.6 is 0 Å². The lowest BCUT2D eigenvalue weighted by Crippen LogP contribution is -2.12. The molecule has 0 aliphatic heterocycles. The van der Waals surface area contributed by atoms with Crippen LogP contribution in [0.2, 0.25) is 0 Å². The third kappa shape index (κ3) is 3.09. The average Bonchev–Trinajstić information content (AvgIpc) is 3.28. The van der Waals surface area contributed by atoms with E-state index >= 15 is 0 Å². The predicted molar refractivity (Wildman–Crippen MR) is 83.5 cm³/mol. The number of benzene rings is 1. The first-order valence-electron chi connectivity index (χ1n) is 6.74. The molecule has 0 fully saturated rings. The number of aromatic nitrogens is 6. The summed E-state index contributed by atoms with van der Waals surface area (Å²) < 4.78 is 1.54. The molecule has 10 heteroatoms. The van der Waals surface area contributed by atoms with Crippen LogP contribution in [0.25, 0.3) is 11.3 Å². The van der Waals surface area contributed by atoms with Gasteiger partial charge in [0.15, 0.2) is 0 Å². The monoisotopic (exact) mass is 321 g/mol. The number of allylic oxidation sites excluding steroid dienone is 1. The molecule has 0 radical (unpaired) electrons. The van der Waals surface area contributed by atoms with E-state index in [0.717, 1.165) is 11.4 Å². The molecule has 0 saturated heterocycles. The van der Waals surface area contributed by atoms with E-state index in [2.05, 4.69) is 31.0 Å². The van der Waals surface area contributed by atoms with Gasteiger partial charge in [0, 0.05) is 18.1 Å². The summed E-state index contributed by atoms with van der Waals surface area (Å²) in [7, 11) is 0. The Balaban J connectivity index is 1.75. The summed E-state index contributed by atoms with van der Waals surface area (Å²) >= 11 is 0. The van der Waals surface area contributed by atoms with Crippen molar-refractivity contribution in [3.05, 3.63) is 54.2 Å².